The van der Waals surface area contributed by atoms with Crippen LogP contribution in [0.25, 0.3) is 0 Å². The van der Waals surface area contributed by atoms with Crippen molar-refractivity contribution in [3.63, 3.8) is 0 Å². The quantitative estimate of drug-likeness (QED) is 0.721. The minimum atomic E-state index is -1.53. The summed E-state index contributed by atoms with van der Waals surface area (Å²) < 4.78 is 32.9. The largest absolute Gasteiger partial charge is 0.307 e. The van der Waals surface area contributed by atoms with E-state index in [4.69, 9.17) is 0 Å². The Labute approximate surface area is 168 Å². The first kappa shape index (κ1) is 17.6. The van der Waals surface area contributed by atoms with E-state index in [1.165, 1.54) is 0 Å². The summed E-state index contributed by atoms with van der Waals surface area (Å²) in [5.41, 5.74) is 0.0171. The molecule has 0 radical (unpaired) electrons. The van der Waals surface area contributed by atoms with Crippen LogP contribution in [-0.4, -0.2) is 27.0 Å². The molecular weight excluding hydrogens is 372 g/mol. The number of carbonyl (C=O) groups is 1. The van der Waals surface area contributed by atoms with Gasteiger partial charge in [0, 0.05) is 36.8 Å². The summed E-state index contributed by atoms with van der Waals surface area (Å²) in [6, 6.07) is 7.90. The zero-order valence-corrected chi connectivity index (χ0v) is 16.6. The smallest absolute Gasteiger partial charge is 0.233 e. The first-order valence-corrected chi connectivity index (χ1v) is 10.6. The predicted octanol–water partition coefficient (Wildman–Crippen LogP) is 4.26. The van der Waals surface area contributed by atoms with Crippen LogP contribution >= 0.6 is 0 Å². The van der Waals surface area contributed by atoms with E-state index in [-0.39, 0.29) is 31.1 Å². The number of aromatic nitrogens is 2. The molecule has 2 atom stereocenters. The van der Waals surface area contributed by atoms with Gasteiger partial charge >= 0.3 is 0 Å². The zero-order chi connectivity index (χ0) is 20.0. The lowest BCUT2D eigenvalue weighted by Gasteiger charge is -2.60. The van der Waals surface area contributed by atoms with E-state index in [0.29, 0.717) is 32.2 Å². The Morgan fingerprint density at radius 2 is 1.79 bits per heavy atom. The third-order valence-electron chi connectivity index (χ3n) is 7.75. The molecule has 4 fully saturated rings. The molecule has 1 aliphatic heterocycles. The number of halogens is 2. The van der Waals surface area contributed by atoms with E-state index in [0.717, 1.165) is 22.5 Å². The summed E-state index contributed by atoms with van der Waals surface area (Å²) >= 11 is 0. The van der Waals surface area contributed by atoms with Crippen molar-refractivity contribution in [2.45, 2.75) is 62.8 Å². The van der Waals surface area contributed by atoms with Crippen molar-refractivity contribution >= 4 is 11.6 Å². The van der Waals surface area contributed by atoms with E-state index in [1.54, 1.807) is 4.90 Å². The fourth-order valence-electron chi connectivity index (χ4n) is 7.14. The number of rotatable bonds is 1. The minimum absolute atomic E-state index is 0.0265. The fourth-order valence-corrected chi connectivity index (χ4v) is 7.14. The highest BCUT2D eigenvalue weighted by molar-refractivity contribution is 5.99. The molecule has 4 bridgehead atoms. The second-order valence-corrected chi connectivity index (χ2v) is 10.0. The molecule has 152 valence electrons. The van der Waals surface area contributed by atoms with Crippen LogP contribution in [0.3, 0.4) is 0 Å². The number of alkyl halides is 2. The number of anilines is 1. The maximum absolute atomic E-state index is 15.5. The standard InChI is InChI=1S/C23H25F2N3O/c1-27-19-6-16-4-2-3-5-18(16)28(11-17(19)10-26-27)20(29)21-7-15-8-22(24,12-21)14-23(25,9-15)13-21/h2-5,10,15H,6-9,11-14H2,1H3. The Morgan fingerprint density at radius 3 is 2.52 bits per heavy atom. The third kappa shape index (κ3) is 2.47. The van der Waals surface area contributed by atoms with Gasteiger partial charge in [0.2, 0.25) is 5.91 Å². The van der Waals surface area contributed by atoms with Crippen molar-refractivity contribution in [3.8, 4) is 0 Å². The third-order valence-corrected chi connectivity index (χ3v) is 7.75. The van der Waals surface area contributed by atoms with Crippen LogP contribution in [0.1, 0.15) is 55.3 Å². The molecule has 1 aromatic heterocycles. The maximum Gasteiger partial charge on any atom is 0.233 e. The summed E-state index contributed by atoms with van der Waals surface area (Å²) in [4.78, 5) is 15.8. The van der Waals surface area contributed by atoms with Crippen molar-refractivity contribution in [1.82, 2.24) is 9.78 Å². The summed E-state index contributed by atoms with van der Waals surface area (Å²) in [6.07, 6.45) is 4.25. The number of nitrogens with zero attached hydrogens (tertiary/aromatic N) is 3. The average Bonchev–Trinajstić information content (AvgIpc) is 2.88. The van der Waals surface area contributed by atoms with Crippen LogP contribution in [0.4, 0.5) is 14.5 Å². The molecule has 0 spiro atoms. The number of hydrogen-bond donors (Lipinski definition) is 0. The number of benzene rings is 1. The number of carbonyl (C=O) groups excluding carboxylic acids is 1. The van der Waals surface area contributed by atoms with Crippen molar-refractivity contribution in [3.05, 3.63) is 47.3 Å². The highest BCUT2D eigenvalue weighted by Gasteiger charge is 2.67. The second-order valence-electron chi connectivity index (χ2n) is 10.0. The highest BCUT2D eigenvalue weighted by Crippen LogP contribution is 2.66. The van der Waals surface area contributed by atoms with E-state index < -0.39 is 16.8 Å². The molecular formula is C23H25F2N3O. The summed E-state index contributed by atoms with van der Waals surface area (Å²) in [7, 11) is 1.91. The van der Waals surface area contributed by atoms with Crippen molar-refractivity contribution in [1.29, 1.82) is 0 Å². The molecule has 2 heterocycles. The monoisotopic (exact) mass is 397 g/mol. The minimum Gasteiger partial charge on any atom is -0.307 e. The second kappa shape index (κ2) is 5.46. The van der Waals surface area contributed by atoms with Crippen LogP contribution in [0.15, 0.2) is 30.5 Å². The van der Waals surface area contributed by atoms with Crippen molar-refractivity contribution in [2.75, 3.05) is 4.90 Å². The molecule has 0 saturated heterocycles. The molecule has 4 saturated carbocycles. The van der Waals surface area contributed by atoms with E-state index in [9.17, 15) is 4.79 Å². The van der Waals surface area contributed by atoms with Gasteiger partial charge in [0.25, 0.3) is 0 Å². The van der Waals surface area contributed by atoms with Gasteiger partial charge in [-0.2, -0.15) is 5.10 Å². The molecule has 4 nitrogen and oxygen atoms in total. The Bertz CT molecular complexity index is 1010. The molecule has 2 unspecified atom stereocenters. The molecule has 1 aromatic carbocycles. The number of para-hydroxylation sites is 1. The topological polar surface area (TPSA) is 38.1 Å². The summed E-state index contributed by atoms with van der Waals surface area (Å²) in [5.74, 6) is -0.129. The fraction of sp³-hybridized carbons (Fsp3) is 0.565. The van der Waals surface area contributed by atoms with Gasteiger partial charge in [-0.25, -0.2) is 8.78 Å². The molecule has 6 heteroatoms. The lowest BCUT2D eigenvalue weighted by molar-refractivity contribution is -0.183. The Hall–Kier alpha value is -2.24. The molecule has 1 amide bonds. The molecule has 4 aliphatic carbocycles. The van der Waals surface area contributed by atoms with Gasteiger partial charge in [-0.1, -0.05) is 18.2 Å². The van der Waals surface area contributed by atoms with E-state index >= 15 is 8.78 Å². The van der Waals surface area contributed by atoms with Gasteiger partial charge in [-0.05, 0) is 49.7 Å². The Balaban J connectivity index is 1.45. The highest BCUT2D eigenvalue weighted by atomic mass is 19.2. The summed E-state index contributed by atoms with van der Waals surface area (Å²) in [5, 5.41) is 4.38. The lowest BCUT2D eigenvalue weighted by atomic mass is 9.47. The SMILES string of the molecule is Cn1ncc2c1Cc1ccccc1N(C(=O)C13CC4CC(F)(CC(F)(C4)C1)C3)C2. The van der Waals surface area contributed by atoms with Crippen LogP contribution < -0.4 is 4.90 Å². The maximum atomic E-state index is 15.5. The van der Waals surface area contributed by atoms with Crippen molar-refractivity contribution in [2.24, 2.45) is 18.4 Å². The molecule has 2 aromatic rings. The molecule has 0 N–H and O–H groups in total. The van der Waals surface area contributed by atoms with Gasteiger partial charge in [0.1, 0.15) is 11.3 Å². The average molecular weight is 397 g/mol. The van der Waals surface area contributed by atoms with Gasteiger partial charge in [-0.3, -0.25) is 9.48 Å². The summed E-state index contributed by atoms with van der Waals surface area (Å²) in [6.45, 7) is 0.407. The molecule has 7 rings (SSSR count). The van der Waals surface area contributed by atoms with Crippen LogP contribution in [0.2, 0.25) is 0 Å². The normalized spacial score (nSPS) is 37.2. The number of amides is 1. The predicted molar refractivity (Wildman–Crippen MR) is 105 cm³/mol. The van der Waals surface area contributed by atoms with Gasteiger partial charge in [0.15, 0.2) is 0 Å². The van der Waals surface area contributed by atoms with Crippen LogP contribution in [-0.2, 0) is 24.8 Å². The zero-order valence-electron chi connectivity index (χ0n) is 16.6. The van der Waals surface area contributed by atoms with Crippen LogP contribution in [0.5, 0.6) is 0 Å². The number of hydrogen-bond acceptors (Lipinski definition) is 2. The lowest BCUT2D eigenvalue weighted by Crippen LogP contribution is -2.64. The van der Waals surface area contributed by atoms with E-state index in [1.807, 2.05) is 42.2 Å². The molecule has 5 aliphatic rings. The van der Waals surface area contributed by atoms with Gasteiger partial charge in [-0.15, -0.1) is 0 Å². The Kier molecular flexibility index (Phi) is 3.32. The number of fused-ring (bicyclic) bond motifs is 2. The van der Waals surface area contributed by atoms with E-state index in [2.05, 4.69) is 5.10 Å². The molecule has 29 heavy (non-hydrogen) atoms. The van der Waals surface area contributed by atoms with Gasteiger partial charge < -0.3 is 4.90 Å². The number of aryl methyl sites for hydroxylation is 1. The van der Waals surface area contributed by atoms with Crippen molar-refractivity contribution < 1.29 is 13.6 Å². The first-order valence-electron chi connectivity index (χ1n) is 10.6. The Morgan fingerprint density at radius 1 is 1.07 bits per heavy atom. The first-order chi connectivity index (χ1) is 13.8. The van der Waals surface area contributed by atoms with Crippen LogP contribution in [0, 0.1) is 11.3 Å². The van der Waals surface area contributed by atoms with Gasteiger partial charge in [0.05, 0.1) is 18.2 Å².